The molecular weight excluding hydrogens is 332 g/mol. The van der Waals surface area contributed by atoms with Gasteiger partial charge in [-0.1, -0.05) is 15.9 Å². The molecular formula is C16H17BrN2O2. The lowest BCUT2D eigenvalue weighted by Gasteiger charge is -2.10. The van der Waals surface area contributed by atoms with Gasteiger partial charge in [-0.3, -0.25) is 9.78 Å². The molecule has 1 aromatic carbocycles. The van der Waals surface area contributed by atoms with Gasteiger partial charge in [-0.25, -0.2) is 0 Å². The van der Waals surface area contributed by atoms with Gasteiger partial charge in [-0.2, -0.15) is 0 Å². The zero-order chi connectivity index (χ0) is 15.4. The van der Waals surface area contributed by atoms with Crippen molar-refractivity contribution in [2.45, 2.75) is 20.8 Å². The first-order valence-electron chi connectivity index (χ1n) is 6.70. The predicted octanol–water partition coefficient (Wildman–Crippen LogP) is 4.00. The van der Waals surface area contributed by atoms with Crippen LogP contribution in [0.3, 0.4) is 0 Å². The molecule has 1 heterocycles. The van der Waals surface area contributed by atoms with Gasteiger partial charge in [0.05, 0.1) is 0 Å². The molecule has 1 amide bonds. The van der Waals surface area contributed by atoms with Gasteiger partial charge in [0.1, 0.15) is 17.2 Å². The van der Waals surface area contributed by atoms with Crippen molar-refractivity contribution in [3.63, 3.8) is 0 Å². The monoisotopic (exact) mass is 348 g/mol. The standard InChI is InChI=1S/C16H17BrN2O2/c1-4-18-16(20)14-9-12(5-6-19-14)21-13-7-10(2)15(17)11(3)8-13/h5-9H,4H2,1-3H3,(H,18,20). The van der Waals surface area contributed by atoms with E-state index in [9.17, 15) is 4.79 Å². The fourth-order valence-corrected chi connectivity index (χ4v) is 2.18. The number of aromatic nitrogens is 1. The van der Waals surface area contributed by atoms with E-state index in [4.69, 9.17) is 4.74 Å². The summed E-state index contributed by atoms with van der Waals surface area (Å²) in [5.41, 5.74) is 2.55. The van der Waals surface area contributed by atoms with Gasteiger partial charge in [0, 0.05) is 23.3 Å². The number of aryl methyl sites for hydroxylation is 2. The second-order valence-electron chi connectivity index (χ2n) is 4.71. The van der Waals surface area contributed by atoms with Crippen molar-refractivity contribution in [1.82, 2.24) is 10.3 Å². The number of carbonyl (C=O) groups excluding carboxylic acids is 1. The average molecular weight is 349 g/mol. The third-order valence-electron chi connectivity index (χ3n) is 2.95. The Morgan fingerprint density at radius 2 is 1.90 bits per heavy atom. The Balaban J connectivity index is 2.24. The lowest BCUT2D eigenvalue weighted by atomic mass is 10.1. The van der Waals surface area contributed by atoms with Crippen molar-refractivity contribution in [1.29, 1.82) is 0 Å². The summed E-state index contributed by atoms with van der Waals surface area (Å²) in [4.78, 5) is 15.8. The molecule has 0 aliphatic rings. The predicted molar refractivity (Wildman–Crippen MR) is 85.9 cm³/mol. The molecule has 1 aromatic heterocycles. The van der Waals surface area contributed by atoms with Crippen LogP contribution in [0, 0.1) is 13.8 Å². The number of rotatable bonds is 4. The summed E-state index contributed by atoms with van der Waals surface area (Å²) in [5, 5.41) is 2.72. The zero-order valence-electron chi connectivity index (χ0n) is 12.2. The van der Waals surface area contributed by atoms with Crippen LogP contribution < -0.4 is 10.1 Å². The van der Waals surface area contributed by atoms with Crippen molar-refractivity contribution in [3.8, 4) is 11.5 Å². The number of nitrogens with zero attached hydrogens (tertiary/aromatic N) is 1. The zero-order valence-corrected chi connectivity index (χ0v) is 13.8. The van der Waals surface area contributed by atoms with E-state index in [0.29, 0.717) is 18.0 Å². The van der Waals surface area contributed by atoms with Crippen molar-refractivity contribution in [2.24, 2.45) is 0 Å². The molecule has 2 aromatic rings. The highest BCUT2D eigenvalue weighted by Gasteiger charge is 2.09. The lowest BCUT2D eigenvalue weighted by Crippen LogP contribution is -2.23. The molecule has 0 aliphatic carbocycles. The Hall–Kier alpha value is -1.88. The number of halogens is 1. The highest BCUT2D eigenvalue weighted by molar-refractivity contribution is 9.10. The molecule has 0 radical (unpaired) electrons. The largest absolute Gasteiger partial charge is 0.457 e. The molecule has 0 spiro atoms. The maximum atomic E-state index is 11.8. The minimum Gasteiger partial charge on any atom is -0.457 e. The third-order valence-corrected chi connectivity index (χ3v) is 4.20. The summed E-state index contributed by atoms with van der Waals surface area (Å²) in [7, 11) is 0. The minimum absolute atomic E-state index is 0.203. The van der Waals surface area contributed by atoms with Crippen LogP contribution in [0.4, 0.5) is 0 Å². The summed E-state index contributed by atoms with van der Waals surface area (Å²) < 4.78 is 6.90. The maximum absolute atomic E-state index is 11.8. The van der Waals surface area contributed by atoms with Gasteiger partial charge < -0.3 is 10.1 Å². The molecule has 0 saturated carbocycles. The van der Waals surface area contributed by atoms with Crippen molar-refractivity contribution >= 4 is 21.8 Å². The molecule has 0 bridgehead atoms. The molecule has 0 saturated heterocycles. The Labute approximate surface area is 132 Å². The molecule has 0 atom stereocenters. The Bertz CT molecular complexity index is 648. The van der Waals surface area contributed by atoms with Gasteiger partial charge >= 0.3 is 0 Å². The number of hydrogen-bond donors (Lipinski definition) is 1. The summed E-state index contributed by atoms with van der Waals surface area (Å²) in [6, 6.07) is 7.26. The Kier molecular flexibility index (Phi) is 4.96. The third kappa shape index (κ3) is 3.82. The second kappa shape index (κ2) is 6.72. The summed E-state index contributed by atoms with van der Waals surface area (Å²) in [5.74, 6) is 1.12. The first kappa shape index (κ1) is 15.5. The molecule has 5 heteroatoms. The minimum atomic E-state index is -0.203. The van der Waals surface area contributed by atoms with E-state index in [0.717, 1.165) is 21.3 Å². The van der Waals surface area contributed by atoms with Crippen molar-refractivity contribution < 1.29 is 9.53 Å². The molecule has 0 fully saturated rings. The van der Waals surface area contributed by atoms with Crippen molar-refractivity contribution in [2.75, 3.05) is 6.54 Å². The summed E-state index contributed by atoms with van der Waals surface area (Å²) in [6.07, 6.45) is 1.57. The first-order valence-corrected chi connectivity index (χ1v) is 7.49. The number of nitrogens with one attached hydrogen (secondary N) is 1. The molecule has 110 valence electrons. The Morgan fingerprint density at radius 1 is 1.24 bits per heavy atom. The molecule has 0 unspecified atom stereocenters. The molecule has 2 rings (SSSR count). The van der Waals surface area contributed by atoms with Crippen LogP contribution in [0.2, 0.25) is 0 Å². The first-order chi connectivity index (χ1) is 10.0. The SMILES string of the molecule is CCNC(=O)c1cc(Oc2cc(C)c(Br)c(C)c2)ccn1. The van der Waals surface area contributed by atoms with Crippen LogP contribution in [0.1, 0.15) is 28.5 Å². The van der Waals surface area contributed by atoms with E-state index in [1.54, 1.807) is 18.3 Å². The topological polar surface area (TPSA) is 51.2 Å². The van der Waals surface area contributed by atoms with E-state index in [1.807, 2.05) is 32.9 Å². The van der Waals surface area contributed by atoms with Gasteiger partial charge in [-0.15, -0.1) is 0 Å². The van der Waals surface area contributed by atoms with E-state index in [1.165, 1.54) is 0 Å². The molecule has 1 N–H and O–H groups in total. The fourth-order valence-electron chi connectivity index (χ4n) is 1.95. The van der Waals surface area contributed by atoms with Crippen molar-refractivity contribution in [3.05, 3.63) is 51.8 Å². The maximum Gasteiger partial charge on any atom is 0.270 e. The van der Waals surface area contributed by atoms with E-state index >= 15 is 0 Å². The van der Waals surface area contributed by atoms with Gasteiger partial charge in [0.15, 0.2) is 0 Å². The van der Waals surface area contributed by atoms with E-state index in [2.05, 4.69) is 26.2 Å². The van der Waals surface area contributed by atoms with Gasteiger partial charge in [0.25, 0.3) is 5.91 Å². The fraction of sp³-hybridized carbons (Fsp3) is 0.250. The van der Waals surface area contributed by atoms with Crippen LogP contribution in [0.25, 0.3) is 0 Å². The van der Waals surface area contributed by atoms with Gasteiger partial charge in [0.2, 0.25) is 0 Å². The average Bonchev–Trinajstić information content (AvgIpc) is 2.45. The van der Waals surface area contributed by atoms with Crippen LogP contribution in [-0.4, -0.2) is 17.4 Å². The number of amides is 1. The highest BCUT2D eigenvalue weighted by Crippen LogP contribution is 2.29. The lowest BCUT2D eigenvalue weighted by molar-refractivity contribution is 0.0950. The van der Waals surface area contributed by atoms with Crippen LogP contribution in [-0.2, 0) is 0 Å². The quantitative estimate of drug-likeness (QED) is 0.908. The number of carbonyl (C=O) groups is 1. The second-order valence-corrected chi connectivity index (χ2v) is 5.50. The molecule has 0 aliphatic heterocycles. The Morgan fingerprint density at radius 3 is 2.52 bits per heavy atom. The normalized spacial score (nSPS) is 10.3. The smallest absolute Gasteiger partial charge is 0.270 e. The number of ether oxygens (including phenoxy) is 1. The number of hydrogen-bond acceptors (Lipinski definition) is 3. The van der Waals surface area contributed by atoms with E-state index < -0.39 is 0 Å². The van der Waals surface area contributed by atoms with Gasteiger partial charge in [-0.05, 0) is 50.1 Å². The number of benzene rings is 1. The molecule has 21 heavy (non-hydrogen) atoms. The summed E-state index contributed by atoms with van der Waals surface area (Å²) in [6.45, 7) is 6.45. The van der Waals surface area contributed by atoms with E-state index in [-0.39, 0.29) is 5.91 Å². The van der Waals surface area contributed by atoms with Crippen LogP contribution in [0.15, 0.2) is 34.9 Å². The summed E-state index contributed by atoms with van der Waals surface area (Å²) >= 11 is 3.53. The van der Waals surface area contributed by atoms with Crippen LogP contribution in [0.5, 0.6) is 11.5 Å². The number of pyridine rings is 1. The van der Waals surface area contributed by atoms with Crippen LogP contribution >= 0.6 is 15.9 Å². The molecule has 4 nitrogen and oxygen atoms in total. The highest BCUT2D eigenvalue weighted by atomic mass is 79.9.